The fraction of sp³-hybridized carbons (Fsp3) is 0.364. The quantitative estimate of drug-likeness (QED) is 0.369. The fourth-order valence-corrected chi connectivity index (χ4v) is 3.45. The van der Waals surface area contributed by atoms with Gasteiger partial charge in [0.2, 0.25) is 5.91 Å². The molecule has 4 N–H and O–H groups in total. The Morgan fingerprint density at radius 1 is 1.16 bits per heavy atom. The van der Waals surface area contributed by atoms with Crippen molar-refractivity contribution < 1.29 is 19.2 Å². The molecule has 0 saturated heterocycles. The van der Waals surface area contributed by atoms with Crippen molar-refractivity contribution in [1.82, 2.24) is 15.5 Å². The number of thioether (sulfide) groups is 1. The second kappa shape index (κ2) is 14.0. The standard InChI is InChI=1S/C22H30N4O4S/c1-4-20(26(11-10-23)22(30)17(3)24-12-16(2)27)21(29)25-13-19(28)15-31-14-18-8-6-5-7-9-18/h5-11,20,24H,3-4,12-15,23H2,1-2H3,(H,25,29)/b11-10-. The van der Waals surface area contributed by atoms with E-state index in [2.05, 4.69) is 17.2 Å². The number of amides is 2. The van der Waals surface area contributed by atoms with Gasteiger partial charge < -0.3 is 16.4 Å². The van der Waals surface area contributed by atoms with Gasteiger partial charge >= 0.3 is 0 Å². The zero-order valence-electron chi connectivity index (χ0n) is 17.9. The van der Waals surface area contributed by atoms with E-state index in [1.54, 1.807) is 6.92 Å². The maximum atomic E-state index is 12.7. The highest BCUT2D eigenvalue weighted by molar-refractivity contribution is 7.99. The van der Waals surface area contributed by atoms with Crippen molar-refractivity contribution >= 4 is 35.1 Å². The summed E-state index contributed by atoms with van der Waals surface area (Å²) in [5.41, 5.74) is 6.53. The molecule has 0 bridgehead atoms. The summed E-state index contributed by atoms with van der Waals surface area (Å²) in [4.78, 5) is 49.7. The highest BCUT2D eigenvalue weighted by Crippen LogP contribution is 2.12. The van der Waals surface area contributed by atoms with Crippen molar-refractivity contribution in [1.29, 1.82) is 0 Å². The predicted molar refractivity (Wildman–Crippen MR) is 123 cm³/mol. The van der Waals surface area contributed by atoms with Gasteiger partial charge in [0.15, 0.2) is 5.78 Å². The SMILES string of the molecule is C=C(NCC(C)=O)C(=O)N(/C=C\N)C(CC)C(=O)NCC(=O)CSCc1ccccc1. The summed E-state index contributed by atoms with van der Waals surface area (Å²) < 4.78 is 0. The minimum atomic E-state index is -0.882. The first kappa shape index (κ1) is 26.0. The number of Topliss-reactive ketones (excluding diaryl/α,β-unsaturated/α-hetero) is 2. The molecule has 0 saturated carbocycles. The molecule has 0 radical (unpaired) electrons. The number of nitrogens with zero attached hydrogens (tertiary/aromatic N) is 1. The Kier molecular flexibility index (Phi) is 11.7. The lowest BCUT2D eigenvalue weighted by atomic mass is 10.1. The molecular formula is C22H30N4O4S. The first-order chi connectivity index (χ1) is 14.8. The van der Waals surface area contributed by atoms with Crippen LogP contribution in [0.3, 0.4) is 0 Å². The van der Waals surface area contributed by atoms with Crippen LogP contribution in [0.4, 0.5) is 0 Å². The van der Waals surface area contributed by atoms with Crippen molar-refractivity contribution in [2.75, 3.05) is 18.8 Å². The van der Waals surface area contributed by atoms with E-state index in [1.807, 2.05) is 30.3 Å². The zero-order chi connectivity index (χ0) is 23.2. The Labute approximate surface area is 187 Å². The number of carbonyl (C=O) groups excluding carboxylic acids is 4. The van der Waals surface area contributed by atoms with E-state index in [0.29, 0.717) is 12.2 Å². The van der Waals surface area contributed by atoms with E-state index in [1.165, 1.54) is 24.9 Å². The van der Waals surface area contributed by atoms with Crippen molar-refractivity contribution in [2.24, 2.45) is 5.73 Å². The van der Waals surface area contributed by atoms with Crippen LogP contribution in [0.2, 0.25) is 0 Å². The molecule has 2 amide bonds. The number of ketones is 2. The largest absolute Gasteiger partial charge is 0.403 e. The molecule has 0 heterocycles. The maximum absolute atomic E-state index is 12.7. The minimum absolute atomic E-state index is 0.0343. The third-order valence-corrected chi connectivity index (χ3v) is 5.21. The second-order valence-electron chi connectivity index (χ2n) is 6.75. The van der Waals surface area contributed by atoms with Gasteiger partial charge in [-0.3, -0.25) is 24.1 Å². The Hall–Kier alpha value is -3.07. The molecule has 9 heteroatoms. The van der Waals surface area contributed by atoms with Crippen molar-refractivity contribution in [3.05, 3.63) is 60.6 Å². The van der Waals surface area contributed by atoms with Crippen LogP contribution in [0.1, 0.15) is 25.8 Å². The summed E-state index contributed by atoms with van der Waals surface area (Å²) in [6, 6.07) is 8.91. The lowest BCUT2D eigenvalue weighted by Gasteiger charge is -2.27. The average Bonchev–Trinajstić information content (AvgIpc) is 2.76. The molecule has 0 fully saturated rings. The van der Waals surface area contributed by atoms with Gasteiger partial charge in [0.25, 0.3) is 5.91 Å². The zero-order valence-corrected chi connectivity index (χ0v) is 18.7. The molecule has 0 aromatic heterocycles. The molecule has 1 rings (SSSR count). The summed E-state index contributed by atoms with van der Waals surface area (Å²) in [7, 11) is 0. The van der Waals surface area contributed by atoms with Crippen LogP contribution in [0.25, 0.3) is 0 Å². The predicted octanol–water partition coefficient (Wildman–Crippen LogP) is 1.33. The number of nitrogens with two attached hydrogens (primary N) is 1. The molecule has 168 valence electrons. The molecule has 8 nitrogen and oxygen atoms in total. The van der Waals surface area contributed by atoms with E-state index in [9.17, 15) is 19.2 Å². The first-order valence-electron chi connectivity index (χ1n) is 9.84. The molecule has 1 aromatic rings. The van der Waals surface area contributed by atoms with Gasteiger partial charge in [-0.15, -0.1) is 11.8 Å². The third-order valence-electron chi connectivity index (χ3n) is 4.15. The molecule has 0 aliphatic heterocycles. The van der Waals surface area contributed by atoms with Gasteiger partial charge in [-0.1, -0.05) is 43.8 Å². The van der Waals surface area contributed by atoms with Crippen LogP contribution in [0.15, 0.2) is 55.0 Å². The van der Waals surface area contributed by atoms with Gasteiger partial charge in [0, 0.05) is 18.2 Å². The van der Waals surface area contributed by atoms with Gasteiger partial charge in [-0.05, 0) is 18.9 Å². The van der Waals surface area contributed by atoms with Crippen LogP contribution in [0, 0.1) is 0 Å². The molecule has 1 unspecified atom stereocenters. The number of hydrogen-bond acceptors (Lipinski definition) is 7. The minimum Gasteiger partial charge on any atom is -0.403 e. The smallest absolute Gasteiger partial charge is 0.274 e. The van der Waals surface area contributed by atoms with Crippen LogP contribution >= 0.6 is 11.8 Å². The number of benzene rings is 1. The number of carbonyl (C=O) groups is 4. The second-order valence-corrected chi connectivity index (χ2v) is 7.73. The molecule has 31 heavy (non-hydrogen) atoms. The first-order valence-corrected chi connectivity index (χ1v) is 11.0. The topological polar surface area (TPSA) is 122 Å². The summed E-state index contributed by atoms with van der Waals surface area (Å²) in [5, 5.41) is 5.22. The Bertz CT molecular complexity index is 811. The fourth-order valence-electron chi connectivity index (χ4n) is 2.59. The molecule has 1 atom stereocenters. The maximum Gasteiger partial charge on any atom is 0.274 e. The van der Waals surface area contributed by atoms with Crippen molar-refractivity contribution in [3.8, 4) is 0 Å². The molecule has 0 aliphatic rings. The van der Waals surface area contributed by atoms with Crippen LogP contribution < -0.4 is 16.4 Å². The van der Waals surface area contributed by atoms with E-state index in [4.69, 9.17) is 5.73 Å². The summed E-state index contributed by atoms with van der Waals surface area (Å²) in [6.07, 6.45) is 2.70. The number of nitrogens with one attached hydrogen (secondary N) is 2. The van der Waals surface area contributed by atoms with Gasteiger partial charge in [0.1, 0.15) is 11.8 Å². The third kappa shape index (κ3) is 9.52. The van der Waals surface area contributed by atoms with Crippen LogP contribution in [0.5, 0.6) is 0 Å². The van der Waals surface area contributed by atoms with E-state index < -0.39 is 17.9 Å². The van der Waals surface area contributed by atoms with Crippen LogP contribution in [-0.4, -0.2) is 53.2 Å². The summed E-state index contributed by atoms with van der Waals surface area (Å²) >= 11 is 1.47. The van der Waals surface area contributed by atoms with E-state index in [0.717, 1.165) is 16.7 Å². The van der Waals surface area contributed by atoms with Crippen LogP contribution in [-0.2, 0) is 24.9 Å². The van der Waals surface area contributed by atoms with E-state index >= 15 is 0 Å². The van der Waals surface area contributed by atoms with Gasteiger partial charge in [-0.2, -0.15) is 0 Å². The summed E-state index contributed by atoms with van der Waals surface area (Å²) in [6.45, 7) is 6.55. The van der Waals surface area contributed by atoms with Gasteiger partial charge in [0.05, 0.1) is 24.5 Å². The normalized spacial score (nSPS) is 11.5. The molecule has 0 spiro atoms. The number of hydrogen-bond donors (Lipinski definition) is 3. The monoisotopic (exact) mass is 446 g/mol. The van der Waals surface area contributed by atoms with Gasteiger partial charge in [-0.25, -0.2) is 0 Å². The Morgan fingerprint density at radius 2 is 1.84 bits per heavy atom. The van der Waals surface area contributed by atoms with Crippen molar-refractivity contribution in [2.45, 2.75) is 32.1 Å². The van der Waals surface area contributed by atoms with E-state index in [-0.39, 0.29) is 36.1 Å². The average molecular weight is 447 g/mol. The molecule has 1 aromatic carbocycles. The highest BCUT2D eigenvalue weighted by atomic mass is 32.2. The lowest BCUT2D eigenvalue weighted by molar-refractivity contribution is -0.135. The number of rotatable bonds is 14. The lowest BCUT2D eigenvalue weighted by Crippen LogP contribution is -2.49. The molecular weight excluding hydrogens is 416 g/mol. The molecule has 0 aliphatic carbocycles. The summed E-state index contributed by atoms with van der Waals surface area (Å²) in [5.74, 6) is -0.378. The van der Waals surface area contributed by atoms with Crippen molar-refractivity contribution in [3.63, 3.8) is 0 Å². The highest BCUT2D eigenvalue weighted by Gasteiger charge is 2.28. The Morgan fingerprint density at radius 3 is 2.42 bits per heavy atom. The Balaban J connectivity index is 2.61.